The summed E-state index contributed by atoms with van der Waals surface area (Å²) in [5, 5.41) is 0. The van der Waals surface area contributed by atoms with E-state index in [1.54, 1.807) is 7.11 Å². The van der Waals surface area contributed by atoms with E-state index in [2.05, 4.69) is 57.2 Å². The first-order valence-corrected chi connectivity index (χ1v) is 7.93. The van der Waals surface area contributed by atoms with Crippen molar-refractivity contribution in [2.45, 2.75) is 40.2 Å². The van der Waals surface area contributed by atoms with E-state index in [1.807, 2.05) is 6.92 Å². The molecule has 2 heteroatoms. The Labute approximate surface area is 129 Å². The Morgan fingerprint density at radius 1 is 1.24 bits per heavy atom. The molecule has 2 aliphatic carbocycles. The minimum atomic E-state index is 0.110. The molecule has 0 saturated heterocycles. The molecule has 2 aliphatic rings. The summed E-state index contributed by atoms with van der Waals surface area (Å²) < 4.78 is 11.0. The summed E-state index contributed by atoms with van der Waals surface area (Å²) in [6, 6.07) is 0. The van der Waals surface area contributed by atoms with Gasteiger partial charge < -0.3 is 9.47 Å². The van der Waals surface area contributed by atoms with Crippen LogP contribution in [0.15, 0.2) is 47.8 Å². The maximum atomic E-state index is 5.62. The Morgan fingerprint density at radius 3 is 2.52 bits per heavy atom. The van der Waals surface area contributed by atoms with Crippen molar-refractivity contribution >= 4 is 0 Å². The van der Waals surface area contributed by atoms with Crippen LogP contribution in [0, 0.1) is 17.3 Å². The van der Waals surface area contributed by atoms with Crippen molar-refractivity contribution in [2.24, 2.45) is 17.3 Å². The lowest BCUT2D eigenvalue weighted by Gasteiger charge is -2.39. The zero-order chi connectivity index (χ0) is 15.5. The summed E-state index contributed by atoms with van der Waals surface area (Å²) >= 11 is 0. The van der Waals surface area contributed by atoms with Gasteiger partial charge >= 0.3 is 0 Å². The lowest BCUT2D eigenvalue weighted by molar-refractivity contribution is 0.141. The largest absolute Gasteiger partial charge is 0.494 e. The lowest BCUT2D eigenvalue weighted by atomic mass is 9.65. The van der Waals surface area contributed by atoms with Gasteiger partial charge in [0.15, 0.2) is 0 Å². The van der Waals surface area contributed by atoms with E-state index < -0.39 is 0 Å². The maximum Gasteiger partial charge on any atom is 0.115 e. The van der Waals surface area contributed by atoms with Crippen LogP contribution in [0.25, 0.3) is 0 Å². The first-order valence-electron chi connectivity index (χ1n) is 7.93. The molecule has 2 rings (SSSR count). The SMILES string of the molecule is CCOC1=CC(C)C(C(C)(C)C2=CC[C@@H](OC)C=C2)C=C1. The molecule has 116 valence electrons. The molecule has 2 unspecified atom stereocenters. The monoisotopic (exact) mass is 288 g/mol. The van der Waals surface area contributed by atoms with Gasteiger partial charge in [0.25, 0.3) is 0 Å². The zero-order valence-corrected chi connectivity index (χ0v) is 13.9. The summed E-state index contributed by atoms with van der Waals surface area (Å²) in [5.41, 5.74) is 1.52. The third kappa shape index (κ3) is 3.49. The lowest BCUT2D eigenvalue weighted by Crippen LogP contribution is -2.31. The second-order valence-corrected chi connectivity index (χ2v) is 6.50. The second kappa shape index (κ2) is 6.65. The zero-order valence-electron chi connectivity index (χ0n) is 13.9. The highest BCUT2D eigenvalue weighted by atomic mass is 16.5. The summed E-state index contributed by atoms with van der Waals surface area (Å²) in [7, 11) is 1.77. The molecule has 0 N–H and O–H groups in total. The van der Waals surface area contributed by atoms with E-state index in [9.17, 15) is 0 Å². The average molecular weight is 288 g/mol. The molecule has 3 atom stereocenters. The Kier molecular flexibility index (Phi) is 5.10. The third-order valence-electron chi connectivity index (χ3n) is 4.71. The highest BCUT2D eigenvalue weighted by Crippen LogP contribution is 2.44. The number of ether oxygens (including phenoxy) is 2. The first kappa shape index (κ1) is 16.1. The first-order chi connectivity index (χ1) is 9.98. The number of rotatable bonds is 5. The molecule has 0 saturated carbocycles. The van der Waals surface area contributed by atoms with Crippen molar-refractivity contribution < 1.29 is 9.47 Å². The Morgan fingerprint density at radius 2 is 2.00 bits per heavy atom. The molecule has 0 aromatic rings. The molecule has 0 amide bonds. The molecular weight excluding hydrogens is 260 g/mol. The van der Waals surface area contributed by atoms with E-state index in [-0.39, 0.29) is 11.5 Å². The topological polar surface area (TPSA) is 18.5 Å². The van der Waals surface area contributed by atoms with Crippen LogP contribution in [0.5, 0.6) is 0 Å². The molecule has 0 heterocycles. The number of hydrogen-bond donors (Lipinski definition) is 0. The van der Waals surface area contributed by atoms with Gasteiger partial charge in [0.1, 0.15) is 5.76 Å². The van der Waals surface area contributed by atoms with Gasteiger partial charge in [0, 0.05) is 7.11 Å². The molecular formula is C19H28O2. The van der Waals surface area contributed by atoms with E-state index in [0.29, 0.717) is 11.8 Å². The number of methoxy groups -OCH3 is 1. The van der Waals surface area contributed by atoms with Gasteiger partial charge in [-0.3, -0.25) is 0 Å². The fourth-order valence-corrected chi connectivity index (χ4v) is 3.40. The summed E-state index contributed by atoms with van der Waals surface area (Å²) in [6.07, 6.45) is 14.6. The quantitative estimate of drug-likeness (QED) is 0.732. The van der Waals surface area contributed by atoms with E-state index >= 15 is 0 Å². The summed E-state index contributed by atoms with van der Waals surface area (Å²) in [6.45, 7) is 9.70. The number of hydrogen-bond acceptors (Lipinski definition) is 2. The minimum absolute atomic E-state index is 0.110. The smallest absolute Gasteiger partial charge is 0.115 e. The average Bonchev–Trinajstić information content (AvgIpc) is 2.47. The van der Waals surface area contributed by atoms with Gasteiger partial charge in [-0.25, -0.2) is 0 Å². The molecule has 0 bridgehead atoms. The standard InChI is InChI=1S/C19H28O2/c1-6-21-17-11-12-18(14(2)13-17)19(3,4)15-7-9-16(20-5)10-8-15/h7-9,11-14,16,18H,6,10H2,1-5H3/t14?,16-,18?/m0/s1. The van der Waals surface area contributed by atoms with Crippen LogP contribution in [0.1, 0.15) is 34.1 Å². The molecule has 0 aromatic carbocycles. The normalized spacial score (nSPS) is 29.1. The molecule has 0 aromatic heterocycles. The van der Waals surface area contributed by atoms with Crippen molar-refractivity contribution in [1.29, 1.82) is 0 Å². The fourth-order valence-electron chi connectivity index (χ4n) is 3.40. The van der Waals surface area contributed by atoms with E-state index in [0.717, 1.165) is 18.8 Å². The van der Waals surface area contributed by atoms with Crippen molar-refractivity contribution in [3.63, 3.8) is 0 Å². The van der Waals surface area contributed by atoms with Gasteiger partial charge in [0.2, 0.25) is 0 Å². The predicted octanol–water partition coefficient (Wildman–Crippen LogP) is 4.66. The van der Waals surface area contributed by atoms with Crippen LogP contribution in [0.4, 0.5) is 0 Å². The number of allylic oxidation sites excluding steroid dienone is 5. The Bertz CT molecular complexity index is 480. The van der Waals surface area contributed by atoms with Crippen molar-refractivity contribution in [2.75, 3.05) is 13.7 Å². The maximum absolute atomic E-state index is 5.62. The van der Waals surface area contributed by atoms with Gasteiger partial charge in [-0.05, 0) is 48.3 Å². The highest BCUT2D eigenvalue weighted by molar-refractivity contribution is 5.34. The van der Waals surface area contributed by atoms with Crippen molar-refractivity contribution in [3.8, 4) is 0 Å². The van der Waals surface area contributed by atoms with Crippen molar-refractivity contribution in [1.82, 2.24) is 0 Å². The molecule has 0 fully saturated rings. The molecule has 2 nitrogen and oxygen atoms in total. The summed E-state index contributed by atoms with van der Waals surface area (Å²) in [5.74, 6) is 1.96. The third-order valence-corrected chi connectivity index (χ3v) is 4.71. The molecule has 21 heavy (non-hydrogen) atoms. The second-order valence-electron chi connectivity index (χ2n) is 6.50. The van der Waals surface area contributed by atoms with Crippen LogP contribution in [0.3, 0.4) is 0 Å². The van der Waals surface area contributed by atoms with Gasteiger partial charge in [0.05, 0.1) is 12.7 Å². The molecule has 0 spiro atoms. The molecule has 0 aliphatic heterocycles. The predicted molar refractivity (Wildman–Crippen MR) is 87.9 cm³/mol. The minimum Gasteiger partial charge on any atom is -0.494 e. The highest BCUT2D eigenvalue weighted by Gasteiger charge is 2.35. The van der Waals surface area contributed by atoms with Gasteiger partial charge in [-0.15, -0.1) is 0 Å². The van der Waals surface area contributed by atoms with E-state index in [4.69, 9.17) is 9.47 Å². The van der Waals surface area contributed by atoms with Crippen LogP contribution in [0.2, 0.25) is 0 Å². The van der Waals surface area contributed by atoms with Crippen LogP contribution in [-0.4, -0.2) is 19.8 Å². The van der Waals surface area contributed by atoms with Crippen LogP contribution < -0.4 is 0 Å². The van der Waals surface area contributed by atoms with Crippen LogP contribution in [-0.2, 0) is 9.47 Å². The van der Waals surface area contributed by atoms with E-state index in [1.165, 1.54) is 5.57 Å². The molecule has 0 radical (unpaired) electrons. The van der Waals surface area contributed by atoms with Crippen molar-refractivity contribution in [3.05, 3.63) is 47.8 Å². The Balaban J connectivity index is 2.13. The summed E-state index contributed by atoms with van der Waals surface area (Å²) in [4.78, 5) is 0. The Hall–Kier alpha value is -1.28. The fraction of sp³-hybridized carbons (Fsp3) is 0.579. The van der Waals surface area contributed by atoms with Crippen LogP contribution >= 0.6 is 0 Å². The van der Waals surface area contributed by atoms with Gasteiger partial charge in [-0.1, -0.05) is 45.1 Å². The van der Waals surface area contributed by atoms with Gasteiger partial charge in [-0.2, -0.15) is 0 Å².